The lowest BCUT2D eigenvalue weighted by Gasteiger charge is -2.07. The zero-order chi connectivity index (χ0) is 20.4. The molecular weight excluding hydrogens is 353 g/mol. The van der Waals surface area contributed by atoms with Gasteiger partial charge in [0.2, 0.25) is 0 Å². The predicted octanol–water partition coefficient (Wildman–Crippen LogP) is 1.32. The number of aliphatic imine (C=N–C) groups is 1. The zero-order valence-electron chi connectivity index (χ0n) is 14.5. The largest absolute Gasteiger partial charge is 0.400 e. The van der Waals surface area contributed by atoms with Crippen LogP contribution in [0.1, 0.15) is 0 Å². The van der Waals surface area contributed by atoms with Gasteiger partial charge in [-0.05, 0) is 23.8 Å². The molecular formula is C18H20FN5O3. The van der Waals surface area contributed by atoms with Gasteiger partial charge >= 0.3 is 6.03 Å². The SMILES string of the molecule is CO.NC(=O)/N=C(N)/C(=C\Nc1ccc(-c2ccccc2F)cc1)C(N)=O. The number of aliphatic hydroxyl groups is 1. The van der Waals surface area contributed by atoms with Gasteiger partial charge in [0, 0.05) is 24.6 Å². The van der Waals surface area contributed by atoms with Crippen LogP contribution in [0.3, 0.4) is 0 Å². The van der Waals surface area contributed by atoms with Gasteiger partial charge in [0.05, 0.1) is 5.57 Å². The molecule has 2 aromatic rings. The van der Waals surface area contributed by atoms with Gasteiger partial charge in [-0.25, -0.2) is 9.18 Å². The lowest BCUT2D eigenvalue weighted by molar-refractivity contribution is -0.114. The standard InChI is InChI=1S/C17H16FN5O2.CH4O/c18-14-4-2-1-3-12(14)10-5-7-11(8-6-10)22-9-13(16(20)24)15(19)23-17(21)25;1-2/h1-9,22H,(H2,20,24)(H4,19,21,23,25);2H,1H3/b13-9+;. The van der Waals surface area contributed by atoms with Crippen LogP contribution >= 0.6 is 0 Å². The minimum absolute atomic E-state index is 0.197. The van der Waals surface area contributed by atoms with Crippen LogP contribution < -0.4 is 22.5 Å². The summed E-state index contributed by atoms with van der Waals surface area (Å²) < 4.78 is 13.8. The van der Waals surface area contributed by atoms with Crippen LogP contribution in [0.5, 0.6) is 0 Å². The molecule has 0 aliphatic carbocycles. The fourth-order valence-electron chi connectivity index (χ4n) is 2.05. The summed E-state index contributed by atoms with van der Waals surface area (Å²) in [5, 5.41) is 9.80. The van der Waals surface area contributed by atoms with Crippen LogP contribution in [0.15, 0.2) is 65.3 Å². The summed E-state index contributed by atoms with van der Waals surface area (Å²) in [6, 6.07) is 12.1. The molecule has 0 spiro atoms. The third kappa shape index (κ3) is 6.25. The highest BCUT2D eigenvalue weighted by atomic mass is 19.1. The quantitative estimate of drug-likeness (QED) is 0.303. The Morgan fingerprint density at radius 1 is 1.04 bits per heavy atom. The Balaban J connectivity index is 0.00000176. The number of benzene rings is 2. The van der Waals surface area contributed by atoms with Crippen LogP contribution in [-0.2, 0) is 4.79 Å². The molecule has 0 aromatic heterocycles. The lowest BCUT2D eigenvalue weighted by atomic mass is 10.0. The molecule has 27 heavy (non-hydrogen) atoms. The molecule has 0 atom stereocenters. The third-order valence-electron chi connectivity index (χ3n) is 3.22. The van der Waals surface area contributed by atoms with E-state index in [1.807, 2.05) is 0 Å². The molecule has 2 aromatic carbocycles. The van der Waals surface area contributed by atoms with E-state index in [4.69, 9.17) is 22.3 Å². The maximum atomic E-state index is 13.8. The van der Waals surface area contributed by atoms with E-state index in [-0.39, 0.29) is 11.4 Å². The molecule has 3 amide bonds. The van der Waals surface area contributed by atoms with Gasteiger partial charge in [-0.3, -0.25) is 4.79 Å². The normalized spacial score (nSPS) is 11.2. The number of amidine groups is 1. The van der Waals surface area contributed by atoms with Crippen LogP contribution in [0, 0.1) is 5.82 Å². The second-order valence-electron chi connectivity index (χ2n) is 4.96. The number of amides is 3. The molecule has 0 aliphatic rings. The summed E-state index contributed by atoms with van der Waals surface area (Å²) in [5.74, 6) is -1.59. The van der Waals surface area contributed by atoms with Crippen LogP contribution in [-0.4, -0.2) is 30.0 Å². The van der Waals surface area contributed by atoms with Crippen molar-refractivity contribution in [1.29, 1.82) is 0 Å². The van der Waals surface area contributed by atoms with Crippen molar-refractivity contribution in [3.05, 3.63) is 66.1 Å². The van der Waals surface area contributed by atoms with E-state index in [9.17, 15) is 14.0 Å². The Bertz CT molecular complexity index is 864. The fraction of sp³-hybridized carbons (Fsp3) is 0.0556. The smallest absolute Gasteiger partial charge is 0.340 e. The summed E-state index contributed by atoms with van der Waals surface area (Å²) >= 11 is 0. The number of carbonyl (C=O) groups excluding carboxylic acids is 2. The molecule has 0 saturated carbocycles. The first kappa shape index (κ1) is 21.3. The minimum atomic E-state index is -1.04. The van der Waals surface area contributed by atoms with Crippen LogP contribution in [0.4, 0.5) is 14.9 Å². The molecule has 8 N–H and O–H groups in total. The van der Waals surface area contributed by atoms with Crippen LogP contribution in [0.25, 0.3) is 11.1 Å². The summed E-state index contributed by atoms with van der Waals surface area (Å²) in [7, 11) is 1.00. The summed E-state index contributed by atoms with van der Waals surface area (Å²) in [5.41, 5.74) is 17.1. The zero-order valence-corrected chi connectivity index (χ0v) is 14.5. The van der Waals surface area contributed by atoms with Crippen molar-refractivity contribution in [3.8, 4) is 11.1 Å². The second-order valence-corrected chi connectivity index (χ2v) is 4.96. The average Bonchev–Trinajstić information content (AvgIpc) is 2.64. The maximum Gasteiger partial charge on any atom is 0.340 e. The van der Waals surface area contributed by atoms with Gasteiger partial charge in [-0.2, -0.15) is 4.99 Å². The molecule has 142 valence electrons. The van der Waals surface area contributed by atoms with Gasteiger partial charge in [0.15, 0.2) is 0 Å². The van der Waals surface area contributed by atoms with Gasteiger partial charge in [-0.15, -0.1) is 0 Å². The number of primary amides is 2. The molecule has 0 heterocycles. The Labute approximate surface area is 155 Å². The summed E-state index contributed by atoms with van der Waals surface area (Å²) in [6.07, 6.45) is 1.21. The summed E-state index contributed by atoms with van der Waals surface area (Å²) in [4.78, 5) is 25.4. The van der Waals surface area contributed by atoms with Gasteiger partial charge in [0.25, 0.3) is 5.91 Å². The highest BCUT2D eigenvalue weighted by molar-refractivity contribution is 6.21. The molecule has 0 fully saturated rings. The molecule has 0 aliphatic heterocycles. The minimum Gasteiger partial charge on any atom is -0.400 e. The maximum absolute atomic E-state index is 13.8. The number of nitrogens with zero attached hydrogens (tertiary/aromatic N) is 1. The number of nitrogens with one attached hydrogen (secondary N) is 1. The number of halogens is 1. The third-order valence-corrected chi connectivity index (χ3v) is 3.22. The second kappa shape index (κ2) is 10.3. The van der Waals surface area contributed by atoms with Gasteiger partial charge in [0.1, 0.15) is 11.7 Å². The predicted molar refractivity (Wildman–Crippen MR) is 102 cm³/mol. The Kier molecular flexibility index (Phi) is 8.14. The summed E-state index contributed by atoms with van der Waals surface area (Å²) in [6.45, 7) is 0. The Morgan fingerprint density at radius 3 is 2.15 bits per heavy atom. The van der Waals surface area contributed by atoms with Crippen molar-refractivity contribution < 1.29 is 19.1 Å². The molecule has 0 bridgehead atoms. The van der Waals surface area contributed by atoms with Gasteiger partial charge in [-0.1, -0.05) is 30.3 Å². The van der Waals surface area contributed by atoms with E-state index >= 15 is 0 Å². The van der Waals surface area contributed by atoms with E-state index in [0.29, 0.717) is 16.8 Å². The monoisotopic (exact) mass is 373 g/mol. The van der Waals surface area contributed by atoms with Crippen LogP contribution in [0.2, 0.25) is 0 Å². The molecule has 9 heteroatoms. The Hall–Kier alpha value is -3.72. The van der Waals surface area contributed by atoms with Crippen molar-refractivity contribution in [2.24, 2.45) is 22.2 Å². The fourth-order valence-corrected chi connectivity index (χ4v) is 2.05. The van der Waals surface area contributed by atoms with Crippen molar-refractivity contribution in [2.75, 3.05) is 12.4 Å². The lowest BCUT2D eigenvalue weighted by Crippen LogP contribution is -2.29. The van der Waals surface area contributed by atoms with E-state index in [1.165, 1.54) is 12.3 Å². The number of urea groups is 1. The number of nitrogens with two attached hydrogens (primary N) is 3. The van der Waals surface area contributed by atoms with E-state index in [2.05, 4.69) is 10.3 Å². The average molecular weight is 373 g/mol. The first-order valence-electron chi connectivity index (χ1n) is 7.58. The number of hydrogen-bond donors (Lipinski definition) is 5. The van der Waals surface area contributed by atoms with E-state index < -0.39 is 17.8 Å². The van der Waals surface area contributed by atoms with Gasteiger partial charge < -0.3 is 27.6 Å². The highest BCUT2D eigenvalue weighted by Gasteiger charge is 2.11. The molecule has 2 rings (SSSR count). The first-order valence-corrected chi connectivity index (χ1v) is 7.58. The van der Waals surface area contributed by atoms with Crippen molar-refractivity contribution in [2.45, 2.75) is 0 Å². The highest BCUT2D eigenvalue weighted by Crippen LogP contribution is 2.24. The topological polar surface area (TPSA) is 157 Å². The number of anilines is 1. The number of aliphatic hydroxyl groups excluding tert-OH is 1. The molecule has 0 radical (unpaired) electrons. The van der Waals surface area contributed by atoms with E-state index in [0.717, 1.165) is 7.11 Å². The van der Waals surface area contributed by atoms with Crippen molar-refractivity contribution in [1.82, 2.24) is 0 Å². The first-order chi connectivity index (χ1) is 12.9. The van der Waals surface area contributed by atoms with Crippen molar-refractivity contribution >= 4 is 23.5 Å². The number of hydrogen-bond acceptors (Lipinski definition) is 4. The molecule has 8 nitrogen and oxygen atoms in total. The van der Waals surface area contributed by atoms with E-state index in [1.54, 1.807) is 42.5 Å². The molecule has 0 saturated heterocycles. The Morgan fingerprint density at radius 2 is 1.63 bits per heavy atom. The number of carbonyl (C=O) groups is 2. The van der Waals surface area contributed by atoms with Crippen molar-refractivity contribution in [3.63, 3.8) is 0 Å². The molecule has 0 unspecified atom stereocenters. The number of rotatable bonds is 5.